The van der Waals surface area contributed by atoms with Crippen molar-refractivity contribution in [2.45, 2.75) is 26.7 Å². The molecule has 1 aromatic carbocycles. The number of pyridine rings is 2. The van der Waals surface area contributed by atoms with Gasteiger partial charge in [0, 0.05) is 29.0 Å². The van der Waals surface area contributed by atoms with Crippen LogP contribution < -0.4 is 5.32 Å². The molecular formula is C21H20FN3. The number of aromatic nitrogens is 2. The SMILES string of the molecule is C=C(Nc1cc2ccc(-c3cnc(C)c(F)c3C)cc2cn1)C1CC1. The summed E-state index contributed by atoms with van der Waals surface area (Å²) in [5, 5.41) is 5.40. The van der Waals surface area contributed by atoms with Crippen LogP contribution in [0.2, 0.25) is 0 Å². The van der Waals surface area contributed by atoms with Crippen LogP contribution in [-0.4, -0.2) is 9.97 Å². The van der Waals surface area contributed by atoms with Crippen molar-refractivity contribution in [3.63, 3.8) is 0 Å². The molecule has 1 saturated carbocycles. The summed E-state index contributed by atoms with van der Waals surface area (Å²) in [6.07, 6.45) is 6.00. The summed E-state index contributed by atoms with van der Waals surface area (Å²) >= 11 is 0. The molecule has 0 amide bonds. The van der Waals surface area contributed by atoms with Crippen molar-refractivity contribution in [2.24, 2.45) is 5.92 Å². The van der Waals surface area contributed by atoms with E-state index in [0.29, 0.717) is 17.2 Å². The van der Waals surface area contributed by atoms with Crippen molar-refractivity contribution >= 4 is 16.6 Å². The van der Waals surface area contributed by atoms with Gasteiger partial charge < -0.3 is 5.32 Å². The Labute approximate surface area is 146 Å². The third-order valence-corrected chi connectivity index (χ3v) is 4.83. The molecule has 1 aliphatic carbocycles. The van der Waals surface area contributed by atoms with Crippen LogP contribution in [0.3, 0.4) is 0 Å². The Morgan fingerprint density at radius 2 is 1.92 bits per heavy atom. The Balaban J connectivity index is 1.69. The summed E-state index contributed by atoms with van der Waals surface area (Å²) in [4.78, 5) is 8.64. The van der Waals surface area contributed by atoms with Gasteiger partial charge in [-0.2, -0.15) is 0 Å². The summed E-state index contributed by atoms with van der Waals surface area (Å²) < 4.78 is 14.1. The molecule has 0 unspecified atom stereocenters. The first-order chi connectivity index (χ1) is 12.0. The van der Waals surface area contributed by atoms with Gasteiger partial charge in [0.05, 0.1) is 5.69 Å². The van der Waals surface area contributed by atoms with Gasteiger partial charge in [-0.05, 0) is 61.3 Å². The van der Waals surface area contributed by atoms with Crippen LogP contribution in [0.25, 0.3) is 21.9 Å². The number of fused-ring (bicyclic) bond motifs is 1. The topological polar surface area (TPSA) is 37.8 Å². The highest BCUT2D eigenvalue weighted by atomic mass is 19.1. The lowest BCUT2D eigenvalue weighted by Crippen LogP contribution is -2.01. The number of nitrogens with one attached hydrogen (secondary N) is 1. The van der Waals surface area contributed by atoms with Gasteiger partial charge in [-0.3, -0.25) is 4.98 Å². The first-order valence-electron chi connectivity index (χ1n) is 8.50. The molecule has 4 heteroatoms. The molecule has 126 valence electrons. The van der Waals surface area contributed by atoms with Gasteiger partial charge in [0.15, 0.2) is 0 Å². The molecular weight excluding hydrogens is 313 g/mol. The number of hydrogen-bond donors (Lipinski definition) is 1. The zero-order valence-electron chi connectivity index (χ0n) is 14.4. The van der Waals surface area contributed by atoms with E-state index in [1.54, 1.807) is 20.0 Å². The molecule has 0 radical (unpaired) electrons. The minimum atomic E-state index is -0.242. The van der Waals surface area contributed by atoms with Gasteiger partial charge in [-0.1, -0.05) is 18.7 Å². The minimum absolute atomic E-state index is 0.242. The lowest BCUT2D eigenvalue weighted by atomic mass is 9.99. The van der Waals surface area contributed by atoms with Gasteiger partial charge in [-0.25, -0.2) is 9.37 Å². The average molecular weight is 333 g/mol. The van der Waals surface area contributed by atoms with Gasteiger partial charge in [0.25, 0.3) is 0 Å². The molecule has 0 bridgehead atoms. The number of aryl methyl sites for hydroxylation is 1. The second-order valence-corrected chi connectivity index (χ2v) is 6.75. The smallest absolute Gasteiger partial charge is 0.147 e. The lowest BCUT2D eigenvalue weighted by molar-refractivity contribution is 0.601. The Kier molecular flexibility index (Phi) is 3.75. The quantitative estimate of drug-likeness (QED) is 0.696. The highest BCUT2D eigenvalue weighted by Gasteiger charge is 2.24. The Bertz CT molecular complexity index is 990. The molecule has 1 fully saturated rings. The van der Waals surface area contributed by atoms with Crippen LogP contribution in [0, 0.1) is 25.6 Å². The van der Waals surface area contributed by atoms with Gasteiger partial charge >= 0.3 is 0 Å². The maximum atomic E-state index is 14.1. The molecule has 4 rings (SSSR count). The fourth-order valence-corrected chi connectivity index (χ4v) is 3.07. The highest BCUT2D eigenvalue weighted by Crippen LogP contribution is 2.36. The summed E-state index contributed by atoms with van der Waals surface area (Å²) in [6.45, 7) is 7.55. The van der Waals surface area contributed by atoms with Gasteiger partial charge in [0.1, 0.15) is 11.6 Å². The predicted octanol–water partition coefficient (Wildman–Crippen LogP) is 5.39. The molecule has 0 spiro atoms. The van der Waals surface area contributed by atoms with Crippen molar-refractivity contribution in [3.8, 4) is 11.1 Å². The number of halogens is 1. The van der Waals surface area contributed by atoms with E-state index in [-0.39, 0.29) is 5.82 Å². The number of anilines is 1. The van der Waals surface area contributed by atoms with Crippen LogP contribution >= 0.6 is 0 Å². The van der Waals surface area contributed by atoms with E-state index < -0.39 is 0 Å². The normalized spacial score (nSPS) is 13.9. The zero-order valence-corrected chi connectivity index (χ0v) is 14.4. The molecule has 2 aromatic heterocycles. The fraction of sp³-hybridized carbons (Fsp3) is 0.238. The van der Waals surface area contributed by atoms with Gasteiger partial charge in [-0.15, -0.1) is 0 Å². The highest BCUT2D eigenvalue weighted by molar-refractivity contribution is 5.88. The van der Waals surface area contributed by atoms with E-state index in [0.717, 1.165) is 33.4 Å². The van der Waals surface area contributed by atoms with E-state index in [9.17, 15) is 4.39 Å². The molecule has 1 N–H and O–H groups in total. The minimum Gasteiger partial charge on any atom is -0.344 e. The predicted molar refractivity (Wildman–Crippen MR) is 99.9 cm³/mol. The van der Waals surface area contributed by atoms with Crippen LogP contribution in [0.4, 0.5) is 10.2 Å². The van der Waals surface area contributed by atoms with E-state index in [1.165, 1.54) is 12.8 Å². The van der Waals surface area contributed by atoms with Gasteiger partial charge in [0.2, 0.25) is 0 Å². The number of nitrogens with zero attached hydrogens (tertiary/aromatic N) is 2. The lowest BCUT2D eigenvalue weighted by Gasteiger charge is -2.11. The van der Waals surface area contributed by atoms with E-state index in [1.807, 2.05) is 30.5 Å². The molecule has 0 saturated heterocycles. The number of benzene rings is 1. The first-order valence-corrected chi connectivity index (χ1v) is 8.50. The molecule has 0 aliphatic heterocycles. The van der Waals surface area contributed by atoms with Crippen molar-refractivity contribution in [1.82, 2.24) is 9.97 Å². The maximum Gasteiger partial charge on any atom is 0.147 e. The van der Waals surface area contributed by atoms with E-state index in [2.05, 4.69) is 21.9 Å². The third kappa shape index (κ3) is 3.00. The van der Waals surface area contributed by atoms with Crippen LogP contribution in [-0.2, 0) is 0 Å². The number of hydrogen-bond acceptors (Lipinski definition) is 3. The average Bonchev–Trinajstić information content (AvgIpc) is 3.45. The summed E-state index contributed by atoms with van der Waals surface area (Å²) in [5.41, 5.74) is 3.85. The summed E-state index contributed by atoms with van der Waals surface area (Å²) in [7, 11) is 0. The van der Waals surface area contributed by atoms with Crippen molar-refractivity contribution in [1.29, 1.82) is 0 Å². The van der Waals surface area contributed by atoms with E-state index in [4.69, 9.17) is 0 Å². The Morgan fingerprint density at radius 1 is 1.12 bits per heavy atom. The van der Waals surface area contributed by atoms with Crippen LogP contribution in [0.15, 0.2) is 48.9 Å². The maximum absolute atomic E-state index is 14.1. The largest absolute Gasteiger partial charge is 0.344 e. The monoisotopic (exact) mass is 333 g/mol. The molecule has 0 atom stereocenters. The second kappa shape index (κ2) is 5.96. The molecule has 3 nitrogen and oxygen atoms in total. The Morgan fingerprint density at radius 3 is 2.68 bits per heavy atom. The molecule has 2 heterocycles. The zero-order chi connectivity index (χ0) is 17.6. The third-order valence-electron chi connectivity index (χ3n) is 4.83. The fourth-order valence-electron chi connectivity index (χ4n) is 3.07. The molecule has 25 heavy (non-hydrogen) atoms. The van der Waals surface area contributed by atoms with E-state index >= 15 is 0 Å². The number of allylic oxidation sites excluding steroid dienone is 1. The second-order valence-electron chi connectivity index (χ2n) is 6.75. The van der Waals surface area contributed by atoms with Crippen molar-refractivity contribution in [3.05, 3.63) is 66.0 Å². The summed E-state index contributed by atoms with van der Waals surface area (Å²) in [5.74, 6) is 1.16. The summed E-state index contributed by atoms with van der Waals surface area (Å²) in [6, 6.07) is 8.09. The number of rotatable bonds is 4. The first kappa shape index (κ1) is 15.8. The molecule has 1 aliphatic rings. The molecule has 3 aromatic rings. The van der Waals surface area contributed by atoms with Crippen molar-refractivity contribution < 1.29 is 4.39 Å². The Hall–Kier alpha value is -2.75. The van der Waals surface area contributed by atoms with Crippen molar-refractivity contribution in [2.75, 3.05) is 5.32 Å². The van der Waals surface area contributed by atoms with Crippen LogP contribution in [0.5, 0.6) is 0 Å². The van der Waals surface area contributed by atoms with Crippen LogP contribution in [0.1, 0.15) is 24.1 Å². The standard InChI is InChI=1S/C21H20FN3/c1-12-19(11-23-14(3)21(12)22)17-7-6-16-9-20(24-10-18(16)8-17)25-13(2)15-4-5-15/h6-11,15H,2,4-5H2,1,3H3,(H,24,25).